The third kappa shape index (κ3) is 5.90. The molecule has 2 amide bonds. The topological polar surface area (TPSA) is 115 Å². The van der Waals surface area contributed by atoms with E-state index in [1.807, 2.05) is 18.2 Å². The van der Waals surface area contributed by atoms with E-state index >= 15 is 0 Å². The van der Waals surface area contributed by atoms with Crippen molar-refractivity contribution in [2.75, 3.05) is 19.5 Å². The van der Waals surface area contributed by atoms with Crippen molar-refractivity contribution in [3.05, 3.63) is 83.8 Å². The number of benzene rings is 2. The Bertz CT molecular complexity index is 1370. The van der Waals surface area contributed by atoms with Crippen LogP contribution in [0.25, 0.3) is 11.1 Å². The Hall–Kier alpha value is -4.50. The SMILES string of the molecule is CNC(=O)Oc1cc(Oc2cccc(-c3c[nH]c(C(=O)Nc4cc(Cl)ccc4OC)c3)c2)ccn1. The van der Waals surface area contributed by atoms with Crippen molar-refractivity contribution in [3.63, 3.8) is 0 Å². The number of amides is 2. The quantitative estimate of drug-likeness (QED) is 0.314. The molecule has 2 heterocycles. The van der Waals surface area contributed by atoms with Crippen molar-refractivity contribution in [3.8, 4) is 34.3 Å². The van der Waals surface area contributed by atoms with Gasteiger partial charge in [-0.1, -0.05) is 23.7 Å². The maximum atomic E-state index is 12.8. The number of anilines is 1. The molecule has 35 heavy (non-hydrogen) atoms. The van der Waals surface area contributed by atoms with Gasteiger partial charge in [0.1, 0.15) is 22.9 Å². The van der Waals surface area contributed by atoms with Gasteiger partial charge in [0.2, 0.25) is 5.88 Å². The van der Waals surface area contributed by atoms with E-state index in [0.717, 1.165) is 11.1 Å². The van der Waals surface area contributed by atoms with Crippen LogP contribution in [0.15, 0.2) is 73.1 Å². The van der Waals surface area contributed by atoms with Crippen molar-refractivity contribution >= 4 is 29.3 Å². The van der Waals surface area contributed by atoms with E-state index < -0.39 is 6.09 Å². The summed E-state index contributed by atoms with van der Waals surface area (Å²) in [5, 5.41) is 5.63. The van der Waals surface area contributed by atoms with Crippen molar-refractivity contribution in [1.29, 1.82) is 0 Å². The van der Waals surface area contributed by atoms with Crippen molar-refractivity contribution in [2.24, 2.45) is 0 Å². The molecule has 0 aliphatic heterocycles. The number of nitrogens with zero attached hydrogens (tertiary/aromatic N) is 1. The number of carbonyl (C=O) groups is 2. The molecule has 0 aliphatic carbocycles. The van der Waals surface area contributed by atoms with Crippen LogP contribution in [0.2, 0.25) is 5.02 Å². The van der Waals surface area contributed by atoms with Crippen molar-refractivity contribution in [2.45, 2.75) is 0 Å². The van der Waals surface area contributed by atoms with Crippen LogP contribution in [-0.2, 0) is 0 Å². The molecule has 0 spiro atoms. The highest BCUT2D eigenvalue weighted by molar-refractivity contribution is 6.31. The first-order valence-corrected chi connectivity index (χ1v) is 10.8. The maximum absolute atomic E-state index is 12.8. The summed E-state index contributed by atoms with van der Waals surface area (Å²) in [6.07, 6.45) is 2.58. The van der Waals surface area contributed by atoms with Gasteiger partial charge in [0.25, 0.3) is 5.91 Å². The Balaban J connectivity index is 1.49. The fraction of sp³-hybridized carbons (Fsp3) is 0.0800. The van der Waals surface area contributed by atoms with Gasteiger partial charge in [0, 0.05) is 36.1 Å². The average Bonchev–Trinajstić information content (AvgIpc) is 3.35. The molecule has 2 aromatic heterocycles. The summed E-state index contributed by atoms with van der Waals surface area (Å²) < 4.78 is 16.2. The Labute approximate surface area is 206 Å². The summed E-state index contributed by atoms with van der Waals surface area (Å²) >= 11 is 6.04. The monoisotopic (exact) mass is 492 g/mol. The number of halogens is 1. The van der Waals surface area contributed by atoms with E-state index in [9.17, 15) is 9.59 Å². The first kappa shape index (κ1) is 23.7. The Morgan fingerprint density at radius 3 is 2.63 bits per heavy atom. The molecule has 0 radical (unpaired) electrons. The van der Waals surface area contributed by atoms with E-state index in [1.165, 1.54) is 26.4 Å². The molecule has 4 aromatic rings. The fourth-order valence-corrected chi connectivity index (χ4v) is 3.36. The molecular formula is C25H21ClN4O5. The first-order valence-electron chi connectivity index (χ1n) is 10.4. The number of rotatable bonds is 7. The molecule has 0 atom stereocenters. The van der Waals surface area contributed by atoms with Crippen LogP contribution in [-0.4, -0.2) is 36.1 Å². The van der Waals surface area contributed by atoms with E-state index in [0.29, 0.717) is 33.7 Å². The van der Waals surface area contributed by atoms with E-state index in [2.05, 4.69) is 20.6 Å². The summed E-state index contributed by atoms with van der Waals surface area (Å²) in [7, 11) is 2.97. The lowest BCUT2D eigenvalue weighted by Gasteiger charge is -2.09. The van der Waals surface area contributed by atoms with Crippen LogP contribution in [0.4, 0.5) is 10.5 Å². The predicted molar refractivity (Wildman–Crippen MR) is 132 cm³/mol. The number of nitrogens with one attached hydrogen (secondary N) is 3. The molecule has 4 rings (SSSR count). The fourth-order valence-electron chi connectivity index (χ4n) is 3.19. The molecule has 0 fully saturated rings. The van der Waals surface area contributed by atoms with Gasteiger partial charge in [0.15, 0.2) is 0 Å². The number of ether oxygens (including phenoxy) is 3. The summed E-state index contributed by atoms with van der Waals surface area (Å²) in [4.78, 5) is 31.1. The maximum Gasteiger partial charge on any atom is 0.413 e. The van der Waals surface area contributed by atoms with E-state index in [4.69, 9.17) is 25.8 Å². The van der Waals surface area contributed by atoms with Gasteiger partial charge in [-0.05, 0) is 48.0 Å². The second kappa shape index (κ2) is 10.6. The second-order valence-corrected chi connectivity index (χ2v) is 7.64. The summed E-state index contributed by atoms with van der Waals surface area (Å²) in [6.45, 7) is 0. The van der Waals surface area contributed by atoms with Gasteiger partial charge in [-0.3, -0.25) is 4.79 Å². The molecule has 0 saturated carbocycles. The van der Waals surface area contributed by atoms with Gasteiger partial charge in [-0.15, -0.1) is 0 Å². The Kier molecular flexibility index (Phi) is 7.18. The average molecular weight is 493 g/mol. The highest BCUT2D eigenvalue weighted by Gasteiger charge is 2.14. The van der Waals surface area contributed by atoms with Gasteiger partial charge < -0.3 is 29.8 Å². The Morgan fingerprint density at radius 1 is 1.00 bits per heavy atom. The van der Waals surface area contributed by atoms with Crippen LogP contribution in [0.1, 0.15) is 10.5 Å². The molecule has 2 aromatic carbocycles. The highest BCUT2D eigenvalue weighted by atomic mass is 35.5. The molecule has 0 bridgehead atoms. The van der Waals surface area contributed by atoms with Gasteiger partial charge in [0.05, 0.1) is 12.8 Å². The molecule has 0 unspecified atom stereocenters. The number of aromatic amines is 1. The minimum absolute atomic E-state index is 0.107. The first-order chi connectivity index (χ1) is 16.9. The smallest absolute Gasteiger partial charge is 0.413 e. The van der Waals surface area contributed by atoms with Crippen LogP contribution in [0.3, 0.4) is 0 Å². The molecule has 9 nitrogen and oxygen atoms in total. The second-order valence-electron chi connectivity index (χ2n) is 7.20. The third-order valence-electron chi connectivity index (χ3n) is 4.85. The van der Waals surface area contributed by atoms with Crippen molar-refractivity contribution in [1.82, 2.24) is 15.3 Å². The lowest BCUT2D eigenvalue weighted by molar-refractivity contribution is 0.102. The number of methoxy groups -OCH3 is 1. The Morgan fingerprint density at radius 2 is 1.83 bits per heavy atom. The summed E-state index contributed by atoms with van der Waals surface area (Å²) in [5.74, 6) is 1.26. The van der Waals surface area contributed by atoms with Gasteiger partial charge in [-0.2, -0.15) is 0 Å². The van der Waals surface area contributed by atoms with E-state index in [1.54, 1.807) is 42.6 Å². The summed E-state index contributed by atoms with van der Waals surface area (Å²) in [6, 6.07) is 17.2. The molecule has 0 aliphatic rings. The normalized spacial score (nSPS) is 10.4. The van der Waals surface area contributed by atoms with Crippen LogP contribution >= 0.6 is 11.6 Å². The molecule has 10 heteroatoms. The third-order valence-corrected chi connectivity index (χ3v) is 5.08. The number of pyridine rings is 1. The molecule has 0 saturated heterocycles. The summed E-state index contributed by atoms with van der Waals surface area (Å²) in [5.41, 5.74) is 2.44. The predicted octanol–water partition coefficient (Wildman–Crippen LogP) is 5.50. The molecule has 178 valence electrons. The van der Waals surface area contributed by atoms with Gasteiger partial charge in [-0.25, -0.2) is 9.78 Å². The van der Waals surface area contributed by atoms with Gasteiger partial charge >= 0.3 is 6.09 Å². The number of carbonyl (C=O) groups excluding carboxylic acids is 2. The van der Waals surface area contributed by atoms with Crippen molar-refractivity contribution < 1.29 is 23.8 Å². The minimum atomic E-state index is -0.627. The zero-order chi connectivity index (χ0) is 24.8. The molecular weight excluding hydrogens is 472 g/mol. The van der Waals surface area contributed by atoms with E-state index in [-0.39, 0.29) is 11.8 Å². The van der Waals surface area contributed by atoms with Crippen LogP contribution < -0.4 is 24.8 Å². The largest absolute Gasteiger partial charge is 0.495 e. The number of aromatic nitrogens is 2. The number of hydrogen-bond donors (Lipinski definition) is 3. The standard InChI is InChI=1S/C25H21ClN4O5/c1-27-25(32)35-23-13-19(8-9-28-23)34-18-5-3-4-15(10-18)16-11-21(29-14-16)24(31)30-20-12-17(26)6-7-22(20)33-2/h3-14,29H,1-2H3,(H,27,32)(H,30,31). The number of hydrogen-bond acceptors (Lipinski definition) is 6. The lowest BCUT2D eigenvalue weighted by atomic mass is 10.1. The van der Waals surface area contributed by atoms with Crippen LogP contribution in [0, 0.1) is 0 Å². The minimum Gasteiger partial charge on any atom is -0.495 e. The lowest BCUT2D eigenvalue weighted by Crippen LogP contribution is -2.22. The highest BCUT2D eigenvalue weighted by Crippen LogP contribution is 2.30. The zero-order valence-corrected chi connectivity index (χ0v) is 19.6. The van der Waals surface area contributed by atoms with Crippen LogP contribution in [0.5, 0.6) is 23.1 Å². The molecule has 3 N–H and O–H groups in total. The number of H-pyrrole nitrogens is 1. The zero-order valence-electron chi connectivity index (χ0n) is 18.8.